The van der Waals surface area contributed by atoms with E-state index in [4.69, 9.17) is 4.52 Å². The van der Waals surface area contributed by atoms with Gasteiger partial charge in [-0.15, -0.1) is 0 Å². The molecule has 0 unspecified atom stereocenters. The SMILES string of the molecule is O=C(Cc1noc2ccccc12)N1CCCc2cc(C(F)(F)F)ccc21. The summed E-state index contributed by atoms with van der Waals surface area (Å²) in [6.45, 7) is 0.479. The fourth-order valence-electron chi connectivity index (χ4n) is 3.34. The molecule has 3 aromatic rings. The summed E-state index contributed by atoms with van der Waals surface area (Å²) < 4.78 is 44.0. The van der Waals surface area contributed by atoms with Crippen molar-refractivity contribution in [2.45, 2.75) is 25.4 Å². The van der Waals surface area contributed by atoms with Crippen LogP contribution in [0, 0.1) is 0 Å². The van der Waals surface area contributed by atoms with Gasteiger partial charge < -0.3 is 9.42 Å². The molecule has 7 heteroatoms. The zero-order chi connectivity index (χ0) is 18.3. The Morgan fingerprint density at radius 3 is 2.81 bits per heavy atom. The van der Waals surface area contributed by atoms with Crippen LogP contribution in [0.5, 0.6) is 0 Å². The van der Waals surface area contributed by atoms with Gasteiger partial charge in [-0.3, -0.25) is 4.79 Å². The molecule has 0 N–H and O–H groups in total. The fraction of sp³-hybridized carbons (Fsp3) is 0.263. The van der Waals surface area contributed by atoms with Gasteiger partial charge in [0.15, 0.2) is 5.58 Å². The van der Waals surface area contributed by atoms with Gasteiger partial charge in [-0.2, -0.15) is 13.2 Å². The smallest absolute Gasteiger partial charge is 0.356 e. The number of fused-ring (bicyclic) bond motifs is 2. The van der Waals surface area contributed by atoms with Crippen LogP contribution in [0.3, 0.4) is 0 Å². The molecule has 0 bridgehead atoms. The summed E-state index contributed by atoms with van der Waals surface area (Å²) in [5.74, 6) is -0.204. The first-order valence-electron chi connectivity index (χ1n) is 8.27. The molecule has 0 atom stereocenters. The lowest BCUT2D eigenvalue weighted by atomic mass is 9.98. The first kappa shape index (κ1) is 16.6. The van der Waals surface area contributed by atoms with E-state index in [2.05, 4.69) is 5.16 Å². The summed E-state index contributed by atoms with van der Waals surface area (Å²) in [7, 11) is 0. The van der Waals surface area contributed by atoms with E-state index in [-0.39, 0.29) is 12.3 Å². The van der Waals surface area contributed by atoms with E-state index in [9.17, 15) is 18.0 Å². The Hall–Kier alpha value is -2.83. The first-order valence-corrected chi connectivity index (χ1v) is 8.27. The van der Waals surface area contributed by atoms with Crippen LogP contribution in [0.1, 0.15) is 23.2 Å². The molecule has 134 valence electrons. The van der Waals surface area contributed by atoms with Crippen LogP contribution in [-0.4, -0.2) is 17.6 Å². The van der Waals surface area contributed by atoms with Crippen molar-refractivity contribution in [2.24, 2.45) is 0 Å². The Kier molecular flexibility index (Phi) is 3.94. The number of para-hydroxylation sites is 1. The second kappa shape index (κ2) is 6.16. The number of carbonyl (C=O) groups is 1. The molecule has 26 heavy (non-hydrogen) atoms. The molecular formula is C19H15F3N2O2. The summed E-state index contributed by atoms with van der Waals surface area (Å²) in [5, 5.41) is 4.73. The van der Waals surface area contributed by atoms with Gasteiger partial charge in [0.05, 0.1) is 12.0 Å². The highest BCUT2D eigenvalue weighted by Crippen LogP contribution is 2.35. The maximum Gasteiger partial charge on any atom is 0.416 e. The average Bonchev–Trinajstić information content (AvgIpc) is 3.03. The molecule has 0 radical (unpaired) electrons. The van der Waals surface area contributed by atoms with Crippen molar-refractivity contribution in [3.8, 4) is 0 Å². The van der Waals surface area contributed by atoms with Gasteiger partial charge in [0.25, 0.3) is 0 Å². The Morgan fingerprint density at radius 2 is 2.00 bits per heavy atom. The zero-order valence-electron chi connectivity index (χ0n) is 13.7. The minimum atomic E-state index is -4.39. The van der Waals surface area contributed by atoms with Crippen molar-refractivity contribution >= 4 is 22.6 Å². The van der Waals surface area contributed by atoms with Crippen LogP contribution in [0.25, 0.3) is 11.0 Å². The summed E-state index contributed by atoms with van der Waals surface area (Å²) >= 11 is 0. The number of hydrogen-bond acceptors (Lipinski definition) is 3. The highest BCUT2D eigenvalue weighted by atomic mass is 19.4. The lowest BCUT2D eigenvalue weighted by molar-refractivity contribution is -0.137. The second-order valence-electron chi connectivity index (χ2n) is 6.29. The van der Waals surface area contributed by atoms with Gasteiger partial charge in [-0.25, -0.2) is 0 Å². The summed E-state index contributed by atoms with van der Waals surface area (Å²) in [4.78, 5) is 14.3. The van der Waals surface area contributed by atoms with E-state index in [1.54, 1.807) is 11.0 Å². The van der Waals surface area contributed by atoms with Crippen LogP contribution in [0.4, 0.5) is 18.9 Å². The number of aromatic nitrogens is 1. The third-order valence-corrected chi connectivity index (χ3v) is 4.60. The first-order chi connectivity index (χ1) is 12.4. The van der Waals surface area contributed by atoms with Gasteiger partial charge in [-0.1, -0.05) is 17.3 Å². The molecule has 0 spiro atoms. The van der Waals surface area contributed by atoms with E-state index < -0.39 is 11.7 Å². The lowest BCUT2D eigenvalue weighted by Gasteiger charge is -2.30. The highest BCUT2D eigenvalue weighted by Gasteiger charge is 2.32. The number of amides is 1. The third kappa shape index (κ3) is 2.94. The molecule has 2 aromatic carbocycles. The van der Waals surface area contributed by atoms with Crippen molar-refractivity contribution in [1.29, 1.82) is 0 Å². The molecule has 2 heterocycles. The molecule has 4 nitrogen and oxygen atoms in total. The van der Waals surface area contributed by atoms with Gasteiger partial charge in [0.2, 0.25) is 5.91 Å². The van der Waals surface area contributed by atoms with Crippen molar-refractivity contribution < 1.29 is 22.5 Å². The van der Waals surface area contributed by atoms with Crippen LogP contribution in [0.2, 0.25) is 0 Å². The van der Waals surface area contributed by atoms with Crippen LogP contribution < -0.4 is 4.90 Å². The number of halogens is 3. The van der Waals surface area contributed by atoms with E-state index in [1.165, 1.54) is 6.07 Å². The predicted molar refractivity (Wildman–Crippen MR) is 89.8 cm³/mol. The third-order valence-electron chi connectivity index (χ3n) is 4.60. The molecule has 0 aliphatic carbocycles. The molecule has 0 saturated heterocycles. The van der Waals surface area contributed by atoms with Gasteiger partial charge >= 0.3 is 6.18 Å². The summed E-state index contributed by atoms with van der Waals surface area (Å²) in [6.07, 6.45) is -3.20. The van der Waals surface area contributed by atoms with Crippen LogP contribution in [-0.2, 0) is 23.8 Å². The lowest BCUT2D eigenvalue weighted by Crippen LogP contribution is -2.36. The number of nitrogens with zero attached hydrogens (tertiary/aromatic N) is 2. The standard InChI is InChI=1S/C19H15F3N2O2/c20-19(21,22)13-7-8-16-12(10-13)4-3-9-24(16)18(25)11-15-14-5-1-2-6-17(14)26-23-15/h1-2,5-8,10H,3-4,9,11H2. The van der Waals surface area contributed by atoms with E-state index >= 15 is 0 Å². The Labute approximate surface area is 147 Å². The number of alkyl halides is 3. The quantitative estimate of drug-likeness (QED) is 0.682. The Balaban J connectivity index is 1.62. The number of benzene rings is 2. The molecule has 1 aliphatic rings. The van der Waals surface area contributed by atoms with Crippen molar-refractivity contribution in [2.75, 3.05) is 11.4 Å². The van der Waals surface area contributed by atoms with Crippen LogP contribution in [0.15, 0.2) is 47.0 Å². The van der Waals surface area contributed by atoms with Gasteiger partial charge in [0, 0.05) is 17.6 Å². The second-order valence-corrected chi connectivity index (χ2v) is 6.29. The van der Waals surface area contributed by atoms with E-state index in [0.717, 1.165) is 17.5 Å². The maximum atomic E-state index is 12.9. The number of carbonyl (C=O) groups excluding carboxylic acids is 1. The van der Waals surface area contributed by atoms with Gasteiger partial charge in [0.1, 0.15) is 5.69 Å². The summed E-state index contributed by atoms with van der Waals surface area (Å²) in [6, 6.07) is 10.8. The maximum absolute atomic E-state index is 12.9. The molecule has 4 rings (SSSR count). The van der Waals surface area contributed by atoms with Gasteiger partial charge in [-0.05, 0) is 48.7 Å². The zero-order valence-corrected chi connectivity index (χ0v) is 13.7. The number of rotatable bonds is 2. The van der Waals surface area contributed by atoms with E-state index in [0.29, 0.717) is 41.9 Å². The monoisotopic (exact) mass is 360 g/mol. The molecule has 0 saturated carbocycles. The van der Waals surface area contributed by atoms with Crippen LogP contribution >= 0.6 is 0 Å². The molecular weight excluding hydrogens is 345 g/mol. The van der Waals surface area contributed by atoms with Crippen molar-refractivity contribution in [1.82, 2.24) is 5.16 Å². The number of anilines is 1. The van der Waals surface area contributed by atoms with Crippen molar-refractivity contribution in [3.63, 3.8) is 0 Å². The number of aryl methyl sites for hydroxylation is 1. The number of hydrogen-bond donors (Lipinski definition) is 0. The highest BCUT2D eigenvalue weighted by molar-refractivity contribution is 5.97. The van der Waals surface area contributed by atoms with Crippen molar-refractivity contribution in [3.05, 3.63) is 59.3 Å². The fourth-order valence-corrected chi connectivity index (χ4v) is 3.34. The minimum absolute atomic E-state index is 0.0392. The topological polar surface area (TPSA) is 46.3 Å². The molecule has 1 aliphatic heterocycles. The normalized spacial score (nSPS) is 14.5. The molecule has 1 amide bonds. The summed E-state index contributed by atoms with van der Waals surface area (Å²) in [5.41, 5.74) is 1.54. The molecule has 1 aromatic heterocycles. The minimum Gasteiger partial charge on any atom is -0.356 e. The largest absolute Gasteiger partial charge is 0.416 e. The predicted octanol–water partition coefficient (Wildman–Crippen LogP) is 4.37. The van der Waals surface area contributed by atoms with E-state index in [1.807, 2.05) is 18.2 Å². The Morgan fingerprint density at radius 1 is 1.19 bits per heavy atom. The average molecular weight is 360 g/mol. The Bertz CT molecular complexity index is 978. The molecule has 0 fully saturated rings.